The third-order valence-electron chi connectivity index (χ3n) is 3.64. The smallest absolute Gasteiger partial charge is 0.338 e. The third-order valence-corrected chi connectivity index (χ3v) is 3.64. The minimum absolute atomic E-state index is 0.171. The molecule has 8 heteroatoms. The van der Waals surface area contributed by atoms with Crippen molar-refractivity contribution in [1.82, 2.24) is 9.78 Å². The van der Waals surface area contributed by atoms with Crippen molar-refractivity contribution >= 4 is 23.5 Å². The number of carbonyl (C=O) groups is 3. The molecule has 2 aromatic rings. The normalized spacial score (nSPS) is 10.3. The molecule has 0 spiro atoms. The Balaban J connectivity index is 2.14. The highest BCUT2D eigenvalue weighted by molar-refractivity contribution is 5.99. The molecule has 0 bridgehead atoms. The van der Waals surface area contributed by atoms with Crippen molar-refractivity contribution < 1.29 is 23.9 Å². The molecule has 1 amide bonds. The Hall–Kier alpha value is -3.16. The Kier molecular flexibility index (Phi) is 7.10. The van der Waals surface area contributed by atoms with E-state index >= 15 is 0 Å². The Morgan fingerprint density at radius 2 is 1.63 bits per heavy atom. The minimum Gasteiger partial charge on any atom is -0.462 e. The molecule has 0 fully saturated rings. The van der Waals surface area contributed by atoms with Gasteiger partial charge in [-0.3, -0.25) is 9.48 Å². The highest BCUT2D eigenvalue weighted by Gasteiger charge is 2.16. The molecule has 1 N–H and O–H groups in total. The number of benzene rings is 1. The van der Waals surface area contributed by atoms with Crippen molar-refractivity contribution in [3.63, 3.8) is 0 Å². The molecule has 0 aliphatic rings. The summed E-state index contributed by atoms with van der Waals surface area (Å²) in [7, 11) is 1.81. The van der Waals surface area contributed by atoms with Gasteiger partial charge < -0.3 is 14.8 Å². The van der Waals surface area contributed by atoms with Gasteiger partial charge in [0.2, 0.25) is 5.91 Å². The van der Waals surface area contributed by atoms with Crippen LogP contribution in [0.4, 0.5) is 5.69 Å². The topological polar surface area (TPSA) is 99.5 Å². The molecule has 144 valence electrons. The quantitative estimate of drug-likeness (QED) is 0.713. The van der Waals surface area contributed by atoms with Gasteiger partial charge in [-0.15, -0.1) is 0 Å². The summed E-state index contributed by atoms with van der Waals surface area (Å²) in [6, 6.07) is 4.34. The summed E-state index contributed by atoms with van der Waals surface area (Å²) in [5, 5.41) is 6.77. The number of hydrogen-bond acceptors (Lipinski definition) is 6. The van der Waals surface area contributed by atoms with Crippen LogP contribution in [0.25, 0.3) is 0 Å². The Bertz CT molecular complexity index is 792. The van der Waals surface area contributed by atoms with Crippen molar-refractivity contribution in [2.75, 3.05) is 18.5 Å². The number of rotatable bonds is 8. The lowest BCUT2D eigenvalue weighted by molar-refractivity contribution is -0.116. The Morgan fingerprint density at radius 1 is 1.04 bits per heavy atom. The van der Waals surface area contributed by atoms with Crippen molar-refractivity contribution in [3.05, 3.63) is 47.3 Å². The highest BCUT2D eigenvalue weighted by Crippen LogP contribution is 2.18. The van der Waals surface area contributed by atoms with Gasteiger partial charge in [-0.2, -0.15) is 5.10 Å². The second-order valence-corrected chi connectivity index (χ2v) is 5.81. The third kappa shape index (κ3) is 5.95. The molecule has 0 aliphatic heterocycles. The Morgan fingerprint density at radius 3 is 2.11 bits per heavy atom. The summed E-state index contributed by atoms with van der Waals surface area (Å²) < 4.78 is 11.6. The van der Waals surface area contributed by atoms with Crippen LogP contribution in [-0.4, -0.2) is 40.8 Å². The van der Waals surface area contributed by atoms with Crippen LogP contribution in [0, 0.1) is 0 Å². The fourth-order valence-electron chi connectivity index (χ4n) is 2.45. The lowest BCUT2D eigenvalue weighted by atomic mass is 10.1. The van der Waals surface area contributed by atoms with Gasteiger partial charge in [0, 0.05) is 25.4 Å². The lowest BCUT2D eigenvalue weighted by Crippen LogP contribution is -2.15. The Labute approximate surface area is 157 Å². The molecule has 1 aromatic heterocycles. The molecule has 0 radical (unpaired) electrons. The van der Waals surface area contributed by atoms with E-state index in [1.165, 1.54) is 18.2 Å². The summed E-state index contributed by atoms with van der Waals surface area (Å²) >= 11 is 0. The predicted molar refractivity (Wildman–Crippen MR) is 98.5 cm³/mol. The van der Waals surface area contributed by atoms with Gasteiger partial charge in [-0.1, -0.05) is 0 Å². The zero-order chi connectivity index (χ0) is 19.8. The fraction of sp³-hybridized carbons (Fsp3) is 0.368. The predicted octanol–water partition coefficient (Wildman–Crippen LogP) is 2.34. The first kappa shape index (κ1) is 20.2. The molecular formula is C19H23N3O5. The molecule has 0 saturated heterocycles. The summed E-state index contributed by atoms with van der Waals surface area (Å²) in [6.07, 6.45) is 4.31. The van der Waals surface area contributed by atoms with Gasteiger partial charge in [0.1, 0.15) is 0 Å². The standard InChI is InChI=1S/C19H23N3O5/c1-4-26-18(24)14-8-15(19(25)27-5-2)10-16(9-14)21-17(23)7-6-13-11-20-22(3)12-13/h8-12H,4-7H2,1-3H3,(H,21,23). The van der Waals surface area contributed by atoms with E-state index in [1.807, 2.05) is 6.20 Å². The van der Waals surface area contributed by atoms with Crippen LogP contribution in [0.1, 0.15) is 46.5 Å². The number of nitrogens with zero attached hydrogens (tertiary/aromatic N) is 2. The SMILES string of the molecule is CCOC(=O)c1cc(NC(=O)CCc2cnn(C)c2)cc(C(=O)OCC)c1. The fourth-order valence-corrected chi connectivity index (χ4v) is 2.45. The molecular weight excluding hydrogens is 350 g/mol. The molecule has 1 aromatic carbocycles. The summed E-state index contributed by atoms with van der Waals surface area (Å²) in [6.45, 7) is 3.78. The second-order valence-electron chi connectivity index (χ2n) is 5.81. The molecule has 0 unspecified atom stereocenters. The molecule has 1 heterocycles. The average Bonchev–Trinajstić information content (AvgIpc) is 3.05. The molecule has 0 aliphatic carbocycles. The van der Waals surface area contributed by atoms with Crippen LogP contribution in [0.5, 0.6) is 0 Å². The maximum atomic E-state index is 12.2. The molecule has 0 saturated carbocycles. The van der Waals surface area contributed by atoms with Gasteiger partial charge in [-0.05, 0) is 44.0 Å². The van der Waals surface area contributed by atoms with Crippen LogP contribution in [0.3, 0.4) is 0 Å². The average molecular weight is 373 g/mol. The molecule has 8 nitrogen and oxygen atoms in total. The molecule has 2 rings (SSSR count). The van der Waals surface area contributed by atoms with Crippen LogP contribution >= 0.6 is 0 Å². The van der Waals surface area contributed by atoms with Crippen molar-refractivity contribution in [1.29, 1.82) is 0 Å². The second kappa shape index (κ2) is 9.51. The van der Waals surface area contributed by atoms with E-state index in [0.717, 1.165) is 5.56 Å². The number of ether oxygens (including phenoxy) is 2. The van der Waals surface area contributed by atoms with E-state index in [1.54, 1.807) is 31.8 Å². The number of amides is 1. The van der Waals surface area contributed by atoms with Crippen LogP contribution in [-0.2, 0) is 27.7 Å². The summed E-state index contributed by atoms with van der Waals surface area (Å²) in [5.74, 6) is -1.39. The van der Waals surface area contributed by atoms with Crippen molar-refractivity contribution in [2.45, 2.75) is 26.7 Å². The number of aromatic nitrogens is 2. The van der Waals surface area contributed by atoms with Crippen molar-refractivity contribution in [3.8, 4) is 0 Å². The van der Waals surface area contributed by atoms with Crippen molar-refractivity contribution in [2.24, 2.45) is 7.05 Å². The zero-order valence-corrected chi connectivity index (χ0v) is 15.7. The first-order valence-electron chi connectivity index (χ1n) is 8.69. The van der Waals surface area contributed by atoms with Crippen LogP contribution in [0.2, 0.25) is 0 Å². The van der Waals surface area contributed by atoms with E-state index < -0.39 is 11.9 Å². The van der Waals surface area contributed by atoms with E-state index in [9.17, 15) is 14.4 Å². The largest absolute Gasteiger partial charge is 0.462 e. The van der Waals surface area contributed by atoms with Gasteiger partial charge in [-0.25, -0.2) is 9.59 Å². The number of aryl methyl sites for hydroxylation is 2. The monoisotopic (exact) mass is 373 g/mol. The first-order chi connectivity index (χ1) is 12.9. The number of nitrogens with one attached hydrogen (secondary N) is 1. The highest BCUT2D eigenvalue weighted by atomic mass is 16.5. The van der Waals surface area contributed by atoms with Crippen LogP contribution < -0.4 is 5.32 Å². The van der Waals surface area contributed by atoms with Gasteiger partial charge in [0.25, 0.3) is 0 Å². The first-order valence-corrected chi connectivity index (χ1v) is 8.69. The zero-order valence-electron chi connectivity index (χ0n) is 15.7. The van der Waals surface area contributed by atoms with E-state index in [4.69, 9.17) is 9.47 Å². The number of carbonyl (C=O) groups excluding carboxylic acids is 3. The summed E-state index contributed by atoms with van der Waals surface area (Å²) in [5.41, 5.74) is 1.62. The van der Waals surface area contributed by atoms with E-state index in [-0.39, 0.29) is 36.7 Å². The lowest BCUT2D eigenvalue weighted by Gasteiger charge is -2.10. The molecule has 27 heavy (non-hydrogen) atoms. The number of hydrogen-bond donors (Lipinski definition) is 1. The number of anilines is 1. The number of esters is 2. The van der Waals surface area contributed by atoms with Gasteiger partial charge >= 0.3 is 11.9 Å². The maximum Gasteiger partial charge on any atom is 0.338 e. The molecule has 0 atom stereocenters. The van der Waals surface area contributed by atoms with E-state index in [2.05, 4.69) is 10.4 Å². The van der Waals surface area contributed by atoms with Gasteiger partial charge in [0.15, 0.2) is 0 Å². The minimum atomic E-state index is -0.575. The summed E-state index contributed by atoms with van der Waals surface area (Å²) in [4.78, 5) is 36.3. The van der Waals surface area contributed by atoms with Crippen LogP contribution in [0.15, 0.2) is 30.6 Å². The van der Waals surface area contributed by atoms with E-state index in [0.29, 0.717) is 12.1 Å². The maximum absolute atomic E-state index is 12.2. The van der Waals surface area contributed by atoms with Gasteiger partial charge in [0.05, 0.1) is 30.5 Å².